The Morgan fingerprint density at radius 3 is 2.67 bits per heavy atom. The number of alkyl carbamates (subject to hydrolysis) is 1. The maximum Gasteiger partial charge on any atom is 0.407 e. The first-order chi connectivity index (χ1) is 11.3. The van der Waals surface area contributed by atoms with Gasteiger partial charge in [-0.1, -0.05) is 48.9 Å². The summed E-state index contributed by atoms with van der Waals surface area (Å²) in [6.45, 7) is 10.7. The van der Waals surface area contributed by atoms with E-state index >= 15 is 0 Å². The first kappa shape index (κ1) is 21.0. The largest absolute Gasteiger partial charge is 0.493 e. The number of rotatable bonds is 10. The number of amides is 1. The number of carbonyl (C=O) groups is 1. The molecular formula is C18H30BrNO3Si. The van der Waals surface area contributed by atoms with Crippen LogP contribution in [0.5, 0.6) is 5.75 Å². The summed E-state index contributed by atoms with van der Waals surface area (Å²) in [5.74, 6) is 0.889. The Labute approximate surface area is 155 Å². The van der Waals surface area contributed by atoms with Crippen molar-refractivity contribution in [2.24, 2.45) is 0 Å². The molecule has 1 aromatic rings. The van der Waals surface area contributed by atoms with E-state index < -0.39 is 8.07 Å². The molecule has 1 N–H and O–H groups in total. The molecule has 1 amide bonds. The molecule has 4 nitrogen and oxygen atoms in total. The Morgan fingerprint density at radius 1 is 1.25 bits per heavy atom. The van der Waals surface area contributed by atoms with Crippen LogP contribution in [0.4, 0.5) is 4.79 Å². The van der Waals surface area contributed by atoms with Crippen LogP contribution in [-0.4, -0.2) is 33.9 Å². The Morgan fingerprint density at radius 2 is 2.00 bits per heavy atom. The standard InChI is InChI=1S/C18H30BrNO3Si/c1-5-6-11-22-17-8-7-16(19)14-15(17)9-10-20-18(21)23-12-13-24(2,3)4/h7-8,14H,5-6,9-13H2,1-4H3,(H,20,21). The second-order valence-corrected chi connectivity index (χ2v) is 13.6. The van der Waals surface area contributed by atoms with Crippen molar-refractivity contribution in [3.8, 4) is 5.75 Å². The maximum atomic E-state index is 11.7. The van der Waals surface area contributed by atoms with Crippen LogP contribution in [0.3, 0.4) is 0 Å². The number of carbonyl (C=O) groups excluding carboxylic acids is 1. The second kappa shape index (κ2) is 10.8. The second-order valence-electron chi connectivity index (χ2n) is 7.08. The highest BCUT2D eigenvalue weighted by molar-refractivity contribution is 9.10. The van der Waals surface area contributed by atoms with Gasteiger partial charge in [-0.3, -0.25) is 0 Å². The van der Waals surface area contributed by atoms with Gasteiger partial charge in [0.1, 0.15) is 5.75 Å². The van der Waals surface area contributed by atoms with Crippen molar-refractivity contribution >= 4 is 30.1 Å². The van der Waals surface area contributed by atoms with Gasteiger partial charge in [-0.25, -0.2) is 4.79 Å². The molecule has 24 heavy (non-hydrogen) atoms. The van der Waals surface area contributed by atoms with Crippen LogP contribution in [0, 0.1) is 0 Å². The van der Waals surface area contributed by atoms with Crippen molar-refractivity contribution in [1.82, 2.24) is 5.32 Å². The summed E-state index contributed by atoms with van der Waals surface area (Å²) in [6, 6.07) is 6.98. The molecule has 1 aromatic carbocycles. The van der Waals surface area contributed by atoms with E-state index in [4.69, 9.17) is 9.47 Å². The van der Waals surface area contributed by atoms with Crippen LogP contribution in [0.15, 0.2) is 22.7 Å². The van der Waals surface area contributed by atoms with E-state index in [0.29, 0.717) is 19.6 Å². The third-order valence-electron chi connectivity index (χ3n) is 3.53. The lowest BCUT2D eigenvalue weighted by molar-refractivity contribution is 0.152. The Bertz CT molecular complexity index is 517. The SMILES string of the molecule is CCCCOc1ccc(Br)cc1CCNC(=O)OCC[Si](C)(C)C. The Kier molecular flexibility index (Phi) is 9.44. The van der Waals surface area contributed by atoms with E-state index in [2.05, 4.69) is 47.8 Å². The molecule has 0 radical (unpaired) electrons. The van der Waals surface area contributed by atoms with Crippen molar-refractivity contribution in [2.75, 3.05) is 19.8 Å². The van der Waals surface area contributed by atoms with Gasteiger partial charge >= 0.3 is 6.09 Å². The van der Waals surface area contributed by atoms with E-state index in [1.165, 1.54) is 0 Å². The monoisotopic (exact) mass is 415 g/mol. The molecule has 0 aliphatic rings. The molecule has 0 fully saturated rings. The van der Waals surface area contributed by atoms with Crippen LogP contribution in [0.25, 0.3) is 0 Å². The smallest absolute Gasteiger partial charge is 0.407 e. The van der Waals surface area contributed by atoms with Gasteiger partial charge in [0.05, 0.1) is 13.2 Å². The zero-order valence-electron chi connectivity index (χ0n) is 15.3. The van der Waals surface area contributed by atoms with Gasteiger partial charge in [-0.15, -0.1) is 0 Å². The Balaban J connectivity index is 2.40. The zero-order valence-corrected chi connectivity index (χ0v) is 17.9. The normalized spacial score (nSPS) is 11.2. The average Bonchev–Trinajstić information content (AvgIpc) is 2.48. The molecule has 0 atom stereocenters. The van der Waals surface area contributed by atoms with Gasteiger partial charge in [-0.2, -0.15) is 0 Å². The summed E-state index contributed by atoms with van der Waals surface area (Å²) in [6.07, 6.45) is 2.52. The fraction of sp³-hybridized carbons (Fsp3) is 0.611. The van der Waals surface area contributed by atoms with Gasteiger partial charge in [-0.05, 0) is 42.6 Å². The fourth-order valence-electron chi connectivity index (χ4n) is 2.01. The predicted octanol–water partition coefficient (Wildman–Crippen LogP) is 5.23. The van der Waals surface area contributed by atoms with Crippen molar-refractivity contribution in [3.63, 3.8) is 0 Å². The van der Waals surface area contributed by atoms with Crippen molar-refractivity contribution < 1.29 is 14.3 Å². The average molecular weight is 416 g/mol. The predicted molar refractivity (Wildman–Crippen MR) is 106 cm³/mol. The maximum absolute atomic E-state index is 11.7. The number of halogens is 1. The molecule has 0 aliphatic carbocycles. The highest BCUT2D eigenvalue weighted by Crippen LogP contribution is 2.24. The molecule has 6 heteroatoms. The van der Waals surface area contributed by atoms with Gasteiger partial charge in [0.15, 0.2) is 0 Å². The number of hydrogen-bond donors (Lipinski definition) is 1. The number of nitrogens with one attached hydrogen (secondary N) is 1. The molecule has 0 aromatic heterocycles. The lowest BCUT2D eigenvalue weighted by Gasteiger charge is -2.15. The molecule has 1 rings (SSSR count). The minimum Gasteiger partial charge on any atom is -0.493 e. The molecule has 0 saturated heterocycles. The molecule has 0 aliphatic heterocycles. The topological polar surface area (TPSA) is 47.6 Å². The minimum atomic E-state index is -1.16. The molecule has 0 bridgehead atoms. The van der Waals surface area contributed by atoms with Crippen molar-refractivity contribution in [3.05, 3.63) is 28.2 Å². The lowest BCUT2D eigenvalue weighted by Crippen LogP contribution is -2.29. The quantitative estimate of drug-likeness (QED) is 0.419. The summed E-state index contributed by atoms with van der Waals surface area (Å²) in [7, 11) is -1.16. The minimum absolute atomic E-state index is 0.336. The zero-order chi connectivity index (χ0) is 18.0. The molecule has 0 heterocycles. The Hall–Kier alpha value is -1.01. The van der Waals surface area contributed by atoms with Crippen LogP contribution in [-0.2, 0) is 11.2 Å². The van der Waals surface area contributed by atoms with Crippen LogP contribution >= 0.6 is 15.9 Å². The first-order valence-electron chi connectivity index (χ1n) is 8.63. The van der Waals surface area contributed by atoms with Crippen LogP contribution in [0.2, 0.25) is 25.7 Å². The third kappa shape index (κ3) is 9.32. The highest BCUT2D eigenvalue weighted by atomic mass is 79.9. The summed E-state index contributed by atoms with van der Waals surface area (Å²) in [5.41, 5.74) is 1.09. The van der Waals surface area contributed by atoms with Gasteiger partial charge in [0, 0.05) is 19.1 Å². The summed E-state index contributed by atoms with van der Waals surface area (Å²) in [4.78, 5) is 11.7. The van der Waals surface area contributed by atoms with E-state index in [-0.39, 0.29) is 6.09 Å². The molecular weight excluding hydrogens is 386 g/mol. The summed E-state index contributed by atoms with van der Waals surface area (Å²) < 4.78 is 12.1. The highest BCUT2D eigenvalue weighted by Gasteiger charge is 2.13. The lowest BCUT2D eigenvalue weighted by atomic mass is 10.1. The molecule has 0 spiro atoms. The van der Waals surface area contributed by atoms with Gasteiger partial charge < -0.3 is 14.8 Å². The summed E-state index contributed by atoms with van der Waals surface area (Å²) in [5, 5.41) is 2.81. The molecule has 0 saturated carbocycles. The van der Waals surface area contributed by atoms with Crippen molar-refractivity contribution in [2.45, 2.75) is 51.9 Å². The van der Waals surface area contributed by atoms with E-state index in [1.54, 1.807) is 0 Å². The summed E-state index contributed by atoms with van der Waals surface area (Å²) >= 11 is 3.49. The fourth-order valence-corrected chi connectivity index (χ4v) is 3.13. The number of benzene rings is 1. The number of hydrogen-bond acceptors (Lipinski definition) is 3. The van der Waals surface area contributed by atoms with E-state index in [0.717, 1.165) is 41.3 Å². The number of ether oxygens (including phenoxy) is 2. The molecule has 136 valence electrons. The van der Waals surface area contributed by atoms with Crippen LogP contribution in [0.1, 0.15) is 25.3 Å². The first-order valence-corrected chi connectivity index (χ1v) is 13.1. The van der Waals surface area contributed by atoms with Crippen molar-refractivity contribution in [1.29, 1.82) is 0 Å². The van der Waals surface area contributed by atoms with Gasteiger partial charge in [0.2, 0.25) is 0 Å². The van der Waals surface area contributed by atoms with E-state index in [9.17, 15) is 4.79 Å². The van der Waals surface area contributed by atoms with E-state index in [1.807, 2.05) is 18.2 Å². The van der Waals surface area contributed by atoms with Crippen LogP contribution < -0.4 is 10.1 Å². The third-order valence-corrected chi connectivity index (χ3v) is 5.72. The van der Waals surface area contributed by atoms with Gasteiger partial charge in [0.25, 0.3) is 0 Å². The molecule has 0 unspecified atom stereocenters. The number of unbranched alkanes of at least 4 members (excludes halogenated alkanes) is 1.